The lowest BCUT2D eigenvalue weighted by molar-refractivity contribution is -0.137. The van der Waals surface area contributed by atoms with Crippen LogP contribution in [0.5, 0.6) is 0 Å². The van der Waals surface area contributed by atoms with Gasteiger partial charge in [-0.1, -0.05) is 23.7 Å². The molecular weight excluding hydrogens is 467 g/mol. The van der Waals surface area contributed by atoms with Crippen molar-refractivity contribution in [3.05, 3.63) is 64.9 Å². The second-order valence-corrected chi connectivity index (χ2v) is 9.34. The van der Waals surface area contributed by atoms with Gasteiger partial charge < -0.3 is 10.0 Å². The number of aromatic nitrogens is 2. The number of piperazine rings is 1. The van der Waals surface area contributed by atoms with Gasteiger partial charge >= 0.3 is 6.18 Å². The first-order valence-electron chi connectivity index (χ1n) is 11.2. The van der Waals surface area contributed by atoms with Crippen molar-refractivity contribution < 1.29 is 18.3 Å². The zero-order valence-corrected chi connectivity index (χ0v) is 19.2. The lowest BCUT2D eigenvalue weighted by Crippen LogP contribution is -2.53. The van der Waals surface area contributed by atoms with Gasteiger partial charge in [0.25, 0.3) is 0 Å². The summed E-state index contributed by atoms with van der Waals surface area (Å²) in [5.41, 5.74) is 0.725. The molecule has 2 aromatic carbocycles. The average Bonchev–Trinajstić information content (AvgIpc) is 3.21. The van der Waals surface area contributed by atoms with Crippen molar-refractivity contribution in [1.29, 1.82) is 0 Å². The summed E-state index contributed by atoms with van der Waals surface area (Å²) in [4.78, 5) is 15.0. The summed E-state index contributed by atoms with van der Waals surface area (Å²) in [6.07, 6.45) is -3.71. The Bertz CT molecular complexity index is 1150. The van der Waals surface area contributed by atoms with Crippen LogP contribution in [0.4, 0.5) is 19.0 Å². The van der Waals surface area contributed by atoms with Crippen LogP contribution >= 0.6 is 11.6 Å². The maximum atomic E-state index is 13.1. The zero-order chi connectivity index (χ0) is 23.9. The number of rotatable bonds is 4. The molecule has 1 N–H and O–H groups in total. The lowest BCUT2D eigenvalue weighted by Gasteiger charge is -2.38. The van der Waals surface area contributed by atoms with Crippen molar-refractivity contribution >= 4 is 28.3 Å². The quantitative estimate of drug-likeness (QED) is 0.601. The van der Waals surface area contributed by atoms with Crippen molar-refractivity contribution in [3.63, 3.8) is 0 Å². The van der Waals surface area contributed by atoms with Gasteiger partial charge in [0.05, 0.1) is 23.2 Å². The Morgan fingerprint density at radius 3 is 2.41 bits per heavy atom. The van der Waals surface area contributed by atoms with Gasteiger partial charge in [-0.25, -0.2) is 9.97 Å². The van der Waals surface area contributed by atoms with E-state index in [0.717, 1.165) is 49.9 Å². The molecule has 2 fully saturated rings. The fourth-order valence-corrected chi connectivity index (χ4v) is 5.00. The predicted octanol–water partition coefficient (Wildman–Crippen LogP) is 3.67. The first kappa shape index (κ1) is 23.3. The summed E-state index contributed by atoms with van der Waals surface area (Å²) in [5, 5.41) is 12.1. The van der Waals surface area contributed by atoms with E-state index in [2.05, 4.69) is 19.8 Å². The molecule has 5 rings (SSSR count). The largest absolute Gasteiger partial charge is 0.416 e. The minimum absolute atomic E-state index is 0.0582. The molecule has 0 spiro atoms. The fourth-order valence-electron chi connectivity index (χ4n) is 4.87. The van der Waals surface area contributed by atoms with Crippen molar-refractivity contribution in [1.82, 2.24) is 19.8 Å². The minimum Gasteiger partial charge on any atom is -0.390 e. The monoisotopic (exact) mass is 491 g/mol. The fraction of sp³-hybridized carbons (Fsp3) is 0.417. The van der Waals surface area contributed by atoms with Crippen LogP contribution in [-0.4, -0.2) is 76.3 Å². The number of benzene rings is 2. The van der Waals surface area contributed by atoms with Crippen molar-refractivity contribution in [2.75, 3.05) is 44.2 Å². The van der Waals surface area contributed by atoms with Crippen LogP contribution in [0, 0.1) is 0 Å². The van der Waals surface area contributed by atoms with Gasteiger partial charge in [-0.3, -0.25) is 9.80 Å². The van der Waals surface area contributed by atoms with Crippen LogP contribution < -0.4 is 4.90 Å². The Labute approximate surface area is 200 Å². The standard InChI is InChI=1S/C24H25ClF3N5O/c25-18-4-1-16(2-5-18)12-31-7-9-32(10-8-31)21-13-33(14-22(21)34)23-19-6-3-17(24(26,27)28)11-20(19)29-15-30-23/h1-6,11,15,21-22,34H,7-10,12-14H2. The van der Waals surface area contributed by atoms with E-state index >= 15 is 0 Å². The van der Waals surface area contributed by atoms with E-state index in [0.29, 0.717) is 24.3 Å². The number of nitrogens with zero attached hydrogens (tertiary/aromatic N) is 5. The summed E-state index contributed by atoms with van der Waals surface area (Å²) in [5.74, 6) is 0.557. The SMILES string of the molecule is OC1CN(c2ncnc3cc(C(F)(F)F)ccc23)CC1N1CCN(Cc2ccc(Cl)cc2)CC1. The highest BCUT2D eigenvalue weighted by molar-refractivity contribution is 6.30. The third kappa shape index (κ3) is 4.84. The summed E-state index contributed by atoms with van der Waals surface area (Å²) >= 11 is 5.97. The predicted molar refractivity (Wildman–Crippen MR) is 125 cm³/mol. The van der Waals surface area contributed by atoms with E-state index in [9.17, 15) is 18.3 Å². The van der Waals surface area contributed by atoms with E-state index in [1.165, 1.54) is 18.0 Å². The molecule has 0 saturated carbocycles. The number of aliphatic hydroxyl groups excluding tert-OH is 1. The zero-order valence-electron chi connectivity index (χ0n) is 18.4. The van der Waals surface area contributed by atoms with Gasteiger partial charge in [-0.05, 0) is 35.9 Å². The summed E-state index contributed by atoms with van der Waals surface area (Å²) in [6, 6.07) is 11.3. The van der Waals surface area contributed by atoms with Crippen LogP contribution in [-0.2, 0) is 12.7 Å². The number of fused-ring (bicyclic) bond motifs is 1. The summed E-state index contributed by atoms with van der Waals surface area (Å²) < 4.78 is 39.3. The lowest BCUT2D eigenvalue weighted by atomic mass is 10.1. The van der Waals surface area contributed by atoms with E-state index in [4.69, 9.17) is 11.6 Å². The molecule has 2 aliphatic rings. The Kier molecular flexibility index (Phi) is 6.37. The normalized spacial score (nSPS) is 22.6. The van der Waals surface area contributed by atoms with Gasteiger partial charge in [0.1, 0.15) is 12.1 Å². The van der Waals surface area contributed by atoms with E-state index < -0.39 is 17.8 Å². The summed E-state index contributed by atoms with van der Waals surface area (Å²) in [6.45, 7) is 5.25. The molecule has 34 heavy (non-hydrogen) atoms. The third-order valence-electron chi connectivity index (χ3n) is 6.70. The highest BCUT2D eigenvalue weighted by atomic mass is 35.5. The van der Waals surface area contributed by atoms with E-state index in [1.54, 1.807) is 0 Å². The maximum Gasteiger partial charge on any atom is 0.416 e. The molecule has 1 aromatic heterocycles. The smallest absolute Gasteiger partial charge is 0.390 e. The highest BCUT2D eigenvalue weighted by Gasteiger charge is 2.38. The van der Waals surface area contributed by atoms with Gasteiger partial charge in [-0.15, -0.1) is 0 Å². The molecule has 6 nitrogen and oxygen atoms in total. The first-order chi connectivity index (χ1) is 16.3. The number of anilines is 1. The highest BCUT2D eigenvalue weighted by Crippen LogP contribution is 2.34. The van der Waals surface area contributed by atoms with Crippen LogP contribution in [0.3, 0.4) is 0 Å². The molecule has 0 radical (unpaired) electrons. The van der Waals surface area contributed by atoms with E-state index in [1.807, 2.05) is 29.2 Å². The Morgan fingerprint density at radius 1 is 0.971 bits per heavy atom. The maximum absolute atomic E-state index is 13.1. The van der Waals surface area contributed by atoms with Crippen LogP contribution in [0.2, 0.25) is 5.02 Å². The second-order valence-electron chi connectivity index (χ2n) is 8.91. The number of β-amino-alcohol motifs (C(OH)–C–C–N with tert-alkyl or cyclic N) is 1. The number of aliphatic hydroxyl groups is 1. The van der Waals surface area contributed by atoms with Crippen molar-refractivity contribution in [2.45, 2.75) is 24.9 Å². The molecular formula is C24H25ClF3N5O. The molecule has 3 heterocycles. The second kappa shape index (κ2) is 9.30. The topological polar surface area (TPSA) is 55.7 Å². The molecule has 2 saturated heterocycles. The van der Waals surface area contributed by atoms with Gasteiger partial charge in [0.15, 0.2) is 0 Å². The molecule has 10 heteroatoms. The Balaban J connectivity index is 1.25. The first-order valence-corrected chi connectivity index (χ1v) is 11.6. The Hall–Kier alpha value is -2.46. The van der Waals surface area contributed by atoms with Crippen molar-refractivity contribution in [2.24, 2.45) is 0 Å². The van der Waals surface area contributed by atoms with Crippen molar-refractivity contribution in [3.8, 4) is 0 Å². The molecule has 0 aliphatic carbocycles. The molecule has 2 aliphatic heterocycles. The number of alkyl halides is 3. The average molecular weight is 492 g/mol. The third-order valence-corrected chi connectivity index (χ3v) is 6.95. The van der Waals surface area contributed by atoms with E-state index in [-0.39, 0.29) is 11.6 Å². The minimum atomic E-state index is -4.43. The van der Waals surface area contributed by atoms with Gasteiger partial charge in [-0.2, -0.15) is 13.2 Å². The van der Waals surface area contributed by atoms with Crippen LogP contribution in [0.15, 0.2) is 48.8 Å². The molecule has 3 aromatic rings. The van der Waals surface area contributed by atoms with Gasteiger partial charge in [0, 0.05) is 56.2 Å². The number of hydrogen-bond donors (Lipinski definition) is 1. The molecule has 0 bridgehead atoms. The molecule has 2 unspecified atom stereocenters. The molecule has 0 amide bonds. The van der Waals surface area contributed by atoms with Crippen LogP contribution in [0.1, 0.15) is 11.1 Å². The molecule has 2 atom stereocenters. The Morgan fingerprint density at radius 2 is 1.71 bits per heavy atom. The summed E-state index contributed by atoms with van der Waals surface area (Å²) in [7, 11) is 0. The van der Waals surface area contributed by atoms with Crippen LogP contribution in [0.25, 0.3) is 10.9 Å². The van der Waals surface area contributed by atoms with Gasteiger partial charge in [0.2, 0.25) is 0 Å². The molecule has 180 valence electrons. The number of hydrogen-bond acceptors (Lipinski definition) is 6. The number of halogens is 4.